The average Bonchev–Trinajstić information content (AvgIpc) is 2.51. The molecule has 100 valence electrons. The zero-order valence-corrected chi connectivity index (χ0v) is 11.3. The molecule has 0 spiro atoms. The standard InChI is InChI=1S/C9H13ClN4O3S/c1-13-9(7(10)6-12-13)18(16,17)14-4-2-8(15)11-3-5-14/h6H,2-5H2,1H3,(H,11,15). The topological polar surface area (TPSA) is 84.3 Å². The van der Waals surface area contributed by atoms with Gasteiger partial charge in [-0.25, -0.2) is 8.42 Å². The predicted molar refractivity (Wildman–Crippen MR) is 64.6 cm³/mol. The zero-order chi connectivity index (χ0) is 13.3. The van der Waals surface area contributed by atoms with Crippen molar-refractivity contribution < 1.29 is 13.2 Å². The Labute approximate surface area is 110 Å². The summed E-state index contributed by atoms with van der Waals surface area (Å²) in [5.74, 6) is -0.149. The molecule has 1 aromatic heterocycles. The number of carbonyl (C=O) groups excluding carboxylic acids is 1. The minimum atomic E-state index is -3.72. The number of carbonyl (C=O) groups is 1. The monoisotopic (exact) mass is 292 g/mol. The van der Waals surface area contributed by atoms with Crippen molar-refractivity contribution in [1.29, 1.82) is 0 Å². The first-order chi connectivity index (χ1) is 8.43. The van der Waals surface area contributed by atoms with Crippen LogP contribution >= 0.6 is 11.6 Å². The van der Waals surface area contributed by atoms with Gasteiger partial charge >= 0.3 is 0 Å². The lowest BCUT2D eigenvalue weighted by Gasteiger charge is -2.19. The highest BCUT2D eigenvalue weighted by atomic mass is 35.5. The fraction of sp³-hybridized carbons (Fsp3) is 0.556. The van der Waals surface area contributed by atoms with Gasteiger partial charge in [-0.2, -0.15) is 9.40 Å². The number of hydrogen-bond acceptors (Lipinski definition) is 4. The van der Waals surface area contributed by atoms with Crippen LogP contribution < -0.4 is 5.32 Å². The van der Waals surface area contributed by atoms with Gasteiger partial charge in [0.1, 0.15) is 0 Å². The molecule has 0 aromatic carbocycles. The summed E-state index contributed by atoms with van der Waals surface area (Å²) in [6, 6.07) is 0. The summed E-state index contributed by atoms with van der Waals surface area (Å²) in [6.45, 7) is 0.679. The van der Waals surface area contributed by atoms with Gasteiger partial charge in [-0.15, -0.1) is 0 Å². The van der Waals surface area contributed by atoms with Gasteiger partial charge in [-0.05, 0) is 0 Å². The number of halogens is 1. The van der Waals surface area contributed by atoms with E-state index in [0.717, 1.165) is 0 Å². The number of sulfonamides is 1. The zero-order valence-electron chi connectivity index (χ0n) is 9.76. The number of hydrogen-bond donors (Lipinski definition) is 1. The third-order valence-electron chi connectivity index (χ3n) is 2.70. The lowest BCUT2D eigenvalue weighted by Crippen LogP contribution is -2.35. The molecule has 1 amide bonds. The number of nitrogens with one attached hydrogen (secondary N) is 1. The second-order valence-corrected chi connectivity index (χ2v) is 6.19. The third kappa shape index (κ3) is 2.36. The number of aromatic nitrogens is 2. The summed E-state index contributed by atoms with van der Waals surface area (Å²) < 4.78 is 27.2. The SMILES string of the molecule is Cn1ncc(Cl)c1S(=O)(=O)N1CCNC(=O)CC1. The summed E-state index contributed by atoms with van der Waals surface area (Å²) in [7, 11) is -2.20. The minimum Gasteiger partial charge on any atom is -0.355 e. The molecular formula is C9H13ClN4O3S. The van der Waals surface area contributed by atoms with Gasteiger partial charge in [0.2, 0.25) is 5.91 Å². The van der Waals surface area contributed by atoms with Crippen LogP contribution in [-0.4, -0.2) is 48.0 Å². The average molecular weight is 293 g/mol. The largest absolute Gasteiger partial charge is 0.355 e. The molecule has 9 heteroatoms. The Kier molecular flexibility index (Phi) is 3.60. The van der Waals surface area contributed by atoms with E-state index >= 15 is 0 Å². The van der Waals surface area contributed by atoms with E-state index in [1.54, 1.807) is 0 Å². The van der Waals surface area contributed by atoms with Crippen LogP contribution in [0, 0.1) is 0 Å². The number of rotatable bonds is 2. The van der Waals surface area contributed by atoms with Gasteiger partial charge in [0.15, 0.2) is 5.03 Å². The highest BCUT2D eigenvalue weighted by Crippen LogP contribution is 2.23. The molecule has 2 rings (SSSR count). The summed E-state index contributed by atoms with van der Waals surface area (Å²) in [6.07, 6.45) is 1.43. The lowest BCUT2D eigenvalue weighted by molar-refractivity contribution is -0.120. The van der Waals surface area contributed by atoms with Crippen molar-refractivity contribution in [3.8, 4) is 0 Å². The Bertz CT molecular complexity index is 549. The first-order valence-corrected chi connectivity index (χ1v) is 7.19. The van der Waals surface area contributed by atoms with Crippen molar-refractivity contribution in [2.75, 3.05) is 19.6 Å². The Balaban J connectivity index is 2.34. The van der Waals surface area contributed by atoms with Crippen molar-refractivity contribution in [1.82, 2.24) is 19.4 Å². The second-order valence-electron chi connectivity index (χ2n) is 3.93. The van der Waals surface area contributed by atoms with E-state index in [1.807, 2.05) is 0 Å². The fourth-order valence-electron chi connectivity index (χ4n) is 1.80. The normalized spacial score (nSPS) is 18.4. The van der Waals surface area contributed by atoms with Crippen molar-refractivity contribution >= 4 is 27.5 Å². The molecule has 0 atom stereocenters. The van der Waals surface area contributed by atoms with E-state index < -0.39 is 10.0 Å². The molecule has 1 N–H and O–H groups in total. The maximum Gasteiger partial charge on any atom is 0.261 e. The minimum absolute atomic E-state index is 0.0430. The number of nitrogens with zero attached hydrogens (tertiary/aromatic N) is 3. The third-order valence-corrected chi connectivity index (χ3v) is 5.10. The fourth-order valence-corrected chi connectivity index (χ4v) is 3.85. The predicted octanol–water partition coefficient (Wildman–Crippen LogP) is -0.416. The van der Waals surface area contributed by atoms with Crippen LogP contribution in [0.4, 0.5) is 0 Å². The van der Waals surface area contributed by atoms with Crippen LogP contribution in [0.25, 0.3) is 0 Å². The van der Waals surface area contributed by atoms with Crippen molar-refractivity contribution in [3.05, 3.63) is 11.2 Å². The summed E-state index contributed by atoms with van der Waals surface area (Å²) in [5.41, 5.74) is 0. The molecule has 0 unspecified atom stereocenters. The lowest BCUT2D eigenvalue weighted by atomic mass is 10.4. The summed E-state index contributed by atoms with van der Waals surface area (Å²) in [5, 5.41) is 6.47. The van der Waals surface area contributed by atoms with E-state index in [0.29, 0.717) is 6.54 Å². The van der Waals surface area contributed by atoms with Gasteiger partial charge in [-0.3, -0.25) is 9.48 Å². The molecule has 0 saturated carbocycles. The maximum absolute atomic E-state index is 12.4. The van der Waals surface area contributed by atoms with Crippen LogP contribution in [0.2, 0.25) is 5.02 Å². The molecular weight excluding hydrogens is 280 g/mol. The van der Waals surface area contributed by atoms with Gasteiger partial charge in [0.05, 0.1) is 11.2 Å². The molecule has 0 radical (unpaired) electrons. The highest BCUT2D eigenvalue weighted by molar-refractivity contribution is 7.89. The van der Waals surface area contributed by atoms with E-state index in [9.17, 15) is 13.2 Å². The molecule has 18 heavy (non-hydrogen) atoms. The summed E-state index contributed by atoms with van der Waals surface area (Å²) >= 11 is 5.85. The Morgan fingerprint density at radius 1 is 1.44 bits per heavy atom. The second kappa shape index (κ2) is 4.87. The Morgan fingerprint density at radius 2 is 2.17 bits per heavy atom. The van der Waals surface area contributed by atoms with Crippen molar-refractivity contribution in [3.63, 3.8) is 0 Å². The van der Waals surface area contributed by atoms with E-state index in [-0.39, 0.29) is 35.5 Å². The van der Waals surface area contributed by atoms with Gasteiger partial charge in [0, 0.05) is 33.1 Å². The molecule has 7 nitrogen and oxygen atoms in total. The Hall–Kier alpha value is -1.12. The summed E-state index contributed by atoms with van der Waals surface area (Å²) in [4.78, 5) is 11.2. The van der Waals surface area contributed by atoms with Crippen LogP contribution in [0.5, 0.6) is 0 Å². The van der Waals surface area contributed by atoms with E-state index in [1.165, 1.54) is 22.2 Å². The van der Waals surface area contributed by atoms with Crippen LogP contribution in [-0.2, 0) is 21.9 Å². The maximum atomic E-state index is 12.4. The highest BCUT2D eigenvalue weighted by Gasteiger charge is 2.31. The Morgan fingerprint density at radius 3 is 2.78 bits per heavy atom. The molecule has 2 heterocycles. The molecule has 1 aliphatic rings. The number of aryl methyl sites for hydroxylation is 1. The first-order valence-electron chi connectivity index (χ1n) is 5.37. The quantitative estimate of drug-likeness (QED) is 0.803. The molecule has 1 fully saturated rings. The molecule has 1 aromatic rings. The van der Waals surface area contributed by atoms with E-state index in [2.05, 4.69) is 10.4 Å². The van der Waals surface area contributed by atoms with Crippen LogP contribution in [0.15, 0.2) is 11.2 Å². The van der Waals surface area contributed by atoms with E-state index in [4.69, 9.17) is 11.6 Å². The molecule has 0 aliphatic carbocycles. The van der Waals surface area contributed by atoms with Gasteiger partial charge < -0.3 is 5.32 Å². The first kappa shape index (κ1) is 13.3. The smallest absolute Gasteiger partial charge is 0.261 e. The van der Waals surface area contributed by atoms with Crippen LogP contribution in [0.3, 0.4) is 0 Å². The van der Waals surface area contributed by atoms with Gasteiger partial charge in [0.25, 0.3) is 10.0 Å². The molecule has 1 saturated heterocycles. The number of amides is 1. The molecule has 1 aliphatic heterocycles. The van der Waals surface area contributed by atoms with Crippen LogP contribution in [0.1, 0.15) is 6.42 Å². The van der Waals surface area contributed by atoms with Gasteiger partial charge in [-0.1, -0.05) is 11.6 Å². The van der Waals surface area contributed by atoms with Crippen molar-refractivity contribution in [2.45, 2.75) is 11.4 Å². The van der Waals surface area contributed by atoms with Crippen molar-refractivity contribution in [2.24, 2.45) is 7.05 Å². The molecule has 0 bridgehead atoms.